The number of aryl methyl sites for hydroxylation is 1. The van der Waals surface area contributed by atoms with Crippen molar-refractivity contribution >= 4 is 64.6 Å². The number of aliphatic hydroxyl groups excluding tert-OH is 2. The molecule has 8 nitrogen and oxygen atoms in total. The highest BCUT2D eigenvalue weighted by atomic mass is 79.9. The predicted octanol–water partition coefficient (Wildman–Crippen LogP) is 6.47. The van der Waals surface area contributed by atoms with Gasteiger partial charge in [-0.1, -0.05) is 62.6 Å². The van der Waals surface area contributed by atoms with Crippen LogP contribution in [0.4, 0.5) is 5.69 Å². The van der Waals surface area contributed by atoms with E-state index in [4.69, 9.17) is 16.7 Å². The smallest absolute Gasteiger partial charge is 0.274 e. The van der Waals surface area contributed by atoms with Gasteiger partial charge in [0.05, 0.1) is 16.6 Å². The molecule has 244 valence electrons. The van der Waals surface area contributed by atoms with Crippen molar-refractivity contribution in [3.63, 3.8) is 0 Å². The van der Waals surface area contributed by atoms with Crippen LogP contribution in [0.25, 0.3) is 5.69 Å². The summed E-state index contributed by atoms with van der Waals surface area (Å²) >= 11 is 11.3. The standard InChI is InChI=1S/C34H41BrClN5O3SSi/c1-4-6-14-39(15-7-5-2)33(44)29-16-22(3)41(37-29)30-13-12-25(38-46-34-28(35)19-31(36)45-34)18-27(30)32(43)40-20-24-11-9-8-10-23(24)17-26(40)21-42/h8-13,16,18-19,26,32,38,42-43H,4-7,14-15,17,20-21H2,1-3H3/t26-,32?/m0/s1. The lowest BCUT2D eigenvalue weighted by Gasteiger charge is -2.39. The van der Waals surface area contributed by atoms with Crippen LogP contribution in [0.3, 0.4) is 0 Å². The molecule has 1 aliphatic heterocycles. The Hall–Kier alpha value is -2.51. The van der Waals surface area contributed by atoms with Crippen molar-refractivity contribution in [3.05, 3.63) is 91.5 Å². The maximum absolute atomic E-state index is 13.7. The molecule has 1 unspecified atom stereocenters. The van der Waals surface area contributed by atoms with Crippen LogP contribution in [0.15, 0.2) is 59.1 Å². The molecule has 1 amide bonds. The number of aliphatic hydroxyl groups is 2. The van der Waals surface area contributed by atoms with Crippen LogP contribution in [0.5, 0.6) is 0 Å². The van der Waals surface area contributed by atoms with Gasteiger partial charge in [-0.05, 0) is 83.6 Å². The van der Waals surface area contributed by atoms with E-state index in [-0.39, 0.29) is 28.2 Å². The average molecular weight is 743 g/mol. The Bertz CT molecular complexity index is 1640. The second kappa shape index (κ2) is 16.1. The summed E-state index contributed by atoms with van der Waals surface area (Å²) in [5.41, 5.74) is 5.65. The third kappa shape index (κ3) is 7.95. The van der Waals surface area contributed by atoms with Gasteiger partial charge in [0.1, 0.15) is 6.23 Å². The molecular weight excluding hydrogens is 702 g/mol. The highest BCUT2D eigenvalue weighted by Crippen LogP contribution is 2.34. The van der Waals surface area contributed by atoms with E-state index < -0.39 is 6.23 Å². The maximum Gasteiger partial charge on any atom is 0.274 e. The molecule has 0 aliphatic carbocycles. The first-order valence-corrected chi connectivity index (χ1v) is 18.8. The zero-order chi connectivity index (χ0) is 32.8. The Morgan fingerprint density at radius 2 is 1.87 bits per heavy atom. The van der Waals surface area contributed by atoms with Crippen LogP contribution in [-0.4, -0.2) is 71.1 Å². The highest BCUT2D eigenvalue weighted by Gasteiger charge is 2.33. The zero-order valence-corrected chi connectivity index (χ0v) is 30.6. The molecule has 0 saturated heterocycles. The molecule has 3 N–H and O–H groups in total. The largest absolute Gasteiger partial charge is 0.407 e. The number of hydrogen-bond donors (Lipinski definition) is 3. The molecule has 2 aromatic heterocycles. The topological polar surface area (TPSA) is 93.9 Å². The molecule has 2 aromatic carbocycles. The van der Waals surface area contributed by atoms with Crippen LogP contribution in [-0.2, 0) is 13.0 Å². The van der Waals surface area contributed by atoms with E-state index in [1.54, 1.807) is 4.68 Å². The van der Waals surface area contributed by atoms with E-state index in [1.165, 1.54) is 16.9 Å². The molecule has 0 fully saturated rings. The molecule has 0 bridgehead atoms. The Balaban J connectivity index is 1.51. The van der Waals surface area contributed by atoms with Crippen LogP contribution >= 0.6 is 38.9 Å². The SMILES string of the molecule is CCCCN(CCCC)C(=O)c1cc(C)n(-c2ccc(N[Si]c3sc(Cl)cc3Br)cc2C(O)N2Cc3ccccc3C[C@H]2CO)n1. The summed E-state index contributed by atoms with van der Waals surface area (Å²) in [4.78, 5) is 21.0. The number of anilines is 1. The molecule has 0 saturated carbocycles. The predicted molar refractivity (Wildman–Crippen MR) is 192 cm³/mol. The quantitative estimate of drug-likeness (QED) is 0.128. The fourth-order valence-corrected chi connectivity index (χ4v) is 9.23. The van der Waals surface area contributed by atoms with E-state index in [1.807, 2.05) is 59.2 Å². The van der Waals surface area contributed by atoms with Crippen LogP contribution < -0.4 is 9.48 Å². The van der Waals surface area contributed by atoms with E-state index in [0.717, 1.165) is 51.6 Å². The number of rotatable bonds is 14. The van der Waals surface area contributed by atoms with Crippen molar-refractivity contribution in [3.8, 4) is 5.69 Å². The number of nitrogens with zero attached hydrogens (tertiary/aromatic N) is 4. The fraction of sp³-hybridized carbons (Fsp3) is 0.412. The lowest BCUT2D eigenvalue weighted by molar-refractivity contribution is -0.0529. The van der Waals surface area contributed by atoms with Gasteiger partial charge in [0.2, 0.25) is 9.68 Å². The second-order valence-corrected chi connectivity index (χ2v) is 15.6. The Kier molecular flexibility index (Phi) is 12.2. The molecule has 3 heterocycles. The number of amides is 1. The molecule has 5 rings (SSSR count). The van der Waals surface area contributed by atoms with Crippen molar-refractivity contribution < 1.29 is 15.0 Å². The Morgan fingerprint density at radius 3 is 2.52 bits per heavy atom. The molecule has 12 heteroatoms. The summed E-state index contributed by atoms with van der Waals surface area (Å²) in [5.74, 6) is -0.0708. The summed E-state index contributed by atoms with van der Waals surface area (Å²) < 4.78 is 4.52. The van der Waals surface area contributed by atoms with E-state index in [9.17, 15) is 15.0 Å². The fourth-order valence-electron chi connectivity index (χ4n) is 5.83. The van der Waals surface area contributed by atoms with Gasteiger partial charge in [-0.3, -0.25) is 9.69 Å². The lowest BCUT2D eigenvalue weighted by atomic mass is 9.93. The normalized spacial score (nSPS) is 15.5. The Morgan fingerprint density at radius 1 is 1.15 bits per heavy atom. The number of fused-ring (bicyclic) bond motifs is 1. The first-order valence-electron chi connectivity index (χ1n) is 15.8. The number of unbranched alkanes of at least 4 members (excludes halogenated alkanes) is 2. The zero-order valence-electron chi connectivity index (χ0n) is 26.5. The summed E-state index contributed by atoms with van der Waals surface area (Å²) in [6.07, 6.45) is 3.51. The van der Waals surface area contributed by atoms with E-state index in [0.29, 0.717) is 47.3 Å². The molecule has 2 radical (unpaired) electrons. The highest BCUT2D eigenvalue weighted by molar-refractivity contribution is 9.10. The number of carbonyl (C=O) groups is 1. The maximum atomic E-state index is 13.7. The second-order valence-electron chi connectivity index (χ2n) is 11.7. The van der Waals surface area contributed by atoms with Crippen LogP contribution in [0.2, 0.25) is 4.34 Å². The molecule has 0 spiro atoms. The average Bonchev–Trinajstić information content (AvgIpc) is 3.62. The first-order chi connectivity index (χ1) is 22.2. The molecule has 4 aromatic rings. The lowest BCUT2D eigenvalue weighted by Crippen LogP contribution is -2.45. The van der Waals surface area contributed by atoms with Gasteiger partial charge in [-0.15, -0.1) is 11.3 Å². The Labute approximate surface area is 291 Å². The van der Waals surface area contributed by atoms with Crippen molar-refractivity contribution in [1.82, 2.24) is 19.6 Å². The summed E-state index contributed by atoms with van der Waals surface area (Å²) in [5, 5.41) is 27.3. The van der Waals surface area contributed by atoms with Gasteiger partial charge in [-0.25, -0.2) is 4.68 Å². The molecule has 46 heavy (non-hydrogen) atoms. The number of halogens is 2. The van der Waals surface area contributed by atoms with Crippen molar-refractivity contribution in [2.24, 2.45) is 0 Å². The monoisotopic (exact) mass is 741 g/mol. The third-order valence-corrected chi connectivity index (χ3v) is 12.2. The minimum atomic E-state index is -1.04. The van der Waals surface area contributed by atoms with Gasteiger partial charge in [0.25, 0.3) is 5.91 Å². The van der Waals surface area contributed by atoms with Crippen molar-refractivity contribution in [2.45, 2.75) is 71.7 Å². The minimum absolute atomic E-state index is 0.0708. The molecular formula is C34H41BrClN5O3SSi. The number of benzene rings is 2. The van der Waals surface area contributed by atoms with Gasteiger partial charge in [0, 0.05) is 51.6 Å². The van der Waals surface area contributed by atoms with Gasteiger partial charge in [0.15, 0.2) is 5.69 Å². The van der Waals surface area contributed by atoms with Crippen LogP contribution in [0.1, 0.15) is 78.6 Å². The first kappa shape index (κ1) is 34.8. The van der Waals surface area contributed by atoms with Crippen LogP contribution in [0, 0.1) is 6.92 Å². The van der Waals surface area contributed by atoms with Crippen molar-refractivity contribution in [2.75, 3.05) is 24.7 Å². The molecule has 1 aliphatic rings. The summed E-state index contributed by atoms with van der Waals surface area (Å²) in [6.45, 7) is 8.01. The summed E-state index contributed by atoms with van der Waals surface area (Å²) in [7, 11) is 0.256. The van der Waals surface area contributed by atoms with Crippen molar-refractivity contribution in [1.29, 1.82) is 0 Å². The number of hydrogen-bond acceptors (Lipinski definition) is 7. The minimum Gasteiger partial charge on any atom is -0.407 e. The van der Waals surface area contributed by atoms with E-state index >= 15 is 0 Å². The third-order valence-electron chi connectivity index (χ3n) is 8.39. The summed E-state index contributed by atoms with van der Waals surface area (Å²) in [6, 6.07) is 17.5. The number of aromatic nitrogens is 2. The number of nitrogens with one attached hydrogen (secondary N) is 1. The number of carbonyl (C=O) groups excluding carboxylic acids is 1. The van der Waals surface area contributed by atoms with Gasteiger partial charge in [-0.2, -0.15) is 5.10 Å². The van der Waals surface area contributed by atoms with E-state index in [2.05, 4.69) is 46.9 Å². The van der Waals surface area contributed by atoms with Gasteiger partial charge < -0.3 is 20.1 Å². The number of thiophene rings is 1. The molecule has 2 atom stereocenters. The van der Waals surface area contributed by atoms with Gasteiger partial charge >= 0.3 is 0 Å².